The van der Waals surface area contributed by atoms with Gasteiger partial charge in [-0.25, -0.2) is 4.79 Å². The van der Waals surface area contributed by atoms with Crippen molar-refractivity contribution < 1.29 is 48.9 Å². The van der Waals surface area contributed by atoms with E-state index in [9.17, 15) is 43.8 Å². The molecule has 0 saturated carbocycles. The van der Waals surface area contributed by atoms with Crippen molar-refractivity contribution in [1.29, 1.82) is 0 Å². The van der Waals surface area contributed by atoms with Crippen molar-refractivity contribution in [2.75, 3.05) is 0 Å². The van der Waals surface area contributed by atoms with Crippen LogP contribution in [0.2, 0.25) is 0 Å². The minimum absolute atomic E-state index is 0.0515. The second kappa shape index (κ2) is 15.5. The van der Waals surface area contributed by atoms with Crippen LogP contribution >= 0.6 is 0 Å². The molecule has 16 nitrogen and oxygen atoms in total. The van der Waals surface area contributed by atoms with Gasteiger partial charge in [-0.1, -0.05) is 12.1 Å². The van der Waals surface area contributed by atoms with Crippen LogP contribution in [0.4, 0.5) is 0 Å². The molecule has 0 saturated heterocycles. The Morgan fingerprint density at radius 3 is 1.77 bits per heavy atom. The summed E-state index contributed by atoms with van der Waals surface area (Å²) in [6, 6.07) is -0.400. The van der Waals surface area contributed by atoms with E-state index in [2.05, 4.69) is 16.0 Å². The summed E-state index contributed by atoms with van der Waals surface area (Å²) in [4.78, 5) is 83.4. The Morgan fingerprint density at radius 2 is 1.26 bits per heavy atom. The number of aliphatic carboxylic acids is 2. The molecule has 214 valence electrons. The number of aromatic hydroxyl groups is 1. The monoisotopic (exact) mass is 552 g/mol. The number of benzene rings is 1. The SMILES string of the molecule is NC(=O)CCC(NC(=O)C(CC(N)=O)NC(=O)C(N)CCC(=O)O)C(=O)NC(Cc1ccc(O)cc1)C(=O)O. The van der Waals surface area contributed by atoms with Gasteiger partial charge in [0.15, 0.2) is 0 Å². The molecule has 0 heterocycles. The third-order valence-electron chi connectivity index (χ3n) is 5.35. The summed E-state index contributed by atoms with van der Waals surface area (Å²) in [6.07, 6.45) is -2.36. The van der Waals surface area contributed by atoms with Crippen LogP contribution in [0.1, 0.15) is 37.7 Å². The number of nitrogens with one attached hydrogen (secondary N) is 3. The van der Waals surface area contributed by atoms with E-state index in [0.29, 0.717) is 5.56 Å². The van der Waals surface area contributed by atoms with E-state index in [4.69, 9.17) is 22.3 Å². The predicted molar refractivity (Wildman–Crippen MR) is 132 cm³/mol. The molecule has 0 radical (unpaired) electrons. The molecule has 5 amide bonds. The van der Waals surface area contributed by atoms with Gasteiger partial charge in [-0.15, -0.1) is 0 Å². The van der Waals surface area contributed by atoms with Crippen LogP contribution in [0.5, 0.6) is 5.75 Å². The predicted octanol–water partition coefficient (Wildman–Crippen LogP) is -3.19. The first-order valence-electron chi connectivity index (χ1n) is 11.6. The first-order valence-corrected chi connectivity index (χ1v) is 11.6. The maximum absolute atomic E-state index is 12.9. The number of nitrogens with two attached hydrogens (primary N) is 3. The van der Waals surface area contributed by atoms with Crippen molar-refractivity contribution in [2.45, 2.75) is 62.7 Å². The highest BCUT2D eigenvalue weighted by Gasteiger charge is 2.31. The number of carbonyl (C=O) groups excluding carboxylic acids is 5. The molecule has 0 aromatic heterocycles. The summed E-state index contributed by atoms with van der Waals surface area (Å²) in [5, 5.41) is 34.4. The highest BCUT2D eigenvalue weighted by atomic mass is 16.4. The van der Waals surface area contributed by atoms with Gasteiger partial charge in [0.25, 0.3) is 0 Å². The summed E-state index contributed by atoms with van der Waals surface area (Å²) in [7, 11) is 0. The third-order valence-corrected chi connectivity index (χ3v) is 5.35. The van der Waals surface area contributed by atoms with Gasteiger partial charge in [0, 0.05) is 19.3 Å². The van der Waals surface area contributed by atoms with Crippen LogP contribution in [-0.2, 0) is 40.0 Å². The van der Waals surface area contributed by atoms with E-state index in [1.54, 1.807) is 0 Å². The number of hydrogen-bond acceptors (Lipinski definition) is 9. The lowest BCUT2D eigenvalue weighted by atomic mass is 10.0. The Morgan fingerprint density at radius 1 is 0.718 bits per heavy atom. The quantitative estimate of drug-likeness (QED) is 0.0927. The second-order valence-corrected chi connectivity index (χ2v) is 8.61. The third kappa shape index (κ3) is 12.4. The molecule has 12 N–H and O–H groups in total. The van der Waals surface area contributed by atoms with E-state index in [1.807, 2.05) is 0 Å². The number of primary amides is 2. The zero-order valence-electron chi connectivity index (χ0n) is 20.8. The Balaban J connectivity index is 3.05. The molecule has 0 aliphatic carbocycles. The Hall–Kier alpha value is -4.73. The first kappa shape index (κ1) is 32.3. The maximum Gasteiger partial charge on any atom is 0.326 e. The second-order valence-electron chi connectivity index (χ2n) is 8.61. The number of amides is 5. The van der Waals surface area contributed by atoms with Gasteiger partial charge in [0.1, 0.15) is 23.9 Å². The smallest absolute Gasteiger partial charge is 0.326 e. The van der Waals surface area contributed by atoms with Crippen molar-refractivity contribution in [3.05, 3.63) is 29.8 Å². The first-order chi connectivity index (χ1) is 18.2. The molecule has 1 aromatic carbocycles. The van der Waals surface area contributed by atoms with E-state index < -0.39 is 78.5 Å². The average Bonchev–Trinajstić information content (AvgIpc) is 2.84. The van der Waals surface area contributed by atoms with E-state index in [1.165, 1.54) is 24.3 Å². The van der Waals surface area contributed by atoms with Gasteiger partial charge >= 0.3 is 11.9 Å². The molecule has 39 heavy (non-hydrogen) atoms. The Bertz CT molecular complexity index is 1080. The number of carboxylic acids is 2. The minimum atomic E-state index is -1.62. The number of phenolic OH excluding ortho intramolecular Hbond substituents is 1. The summed E-state index contributed by atoms with van der Waals surface area (Å²) in [6.45, 7) is 0. The molecule has 0 aliphatic rings. The van der Waals surface area contributed by atoms with Crippen LogP contribution in [0.15, 0.2) is 24.3 Å². The van der Waals surface area contributed by atoms with Crippen LogP contribution < -0.4 is 33.2 Å². The zero-order valence-corrected chi connectivity index (χ0v) is 20.8. The van der Waals surface area contributed by atoms with Gasteiger partial charge in [-0.2, -0.15) is 0 Å². The molecule has 0 spiro atoms. The lowest BCUT2D eigenvalue weighted by molar-refractivity contribution is -0.142. The van der Waals surface area contributed by atoms with Gasteiger partial charge < -0.3 is 48.5 Å². The lowest BCUT2D eigenvalue weighted by Gasteiger charge is -2.24. The summed E-state index contributed by atoms with van der Waals surface area (Å²) < 4.78 is 0. The molecule has 0 aliphatic heterocycles. The molecule has 4 atom stereocenters. The van der Waals surface area contributed by atoms with Crippen LogP contribution in [0, 0.1) is 0 Å². The van der Waals surface area contributed by atoms with E-state index >= 15 is 0 Å². The molecule has 0 bridgehead atoms. The van der Waals surface area contributed by atoms with Gasteiger partial charge in [-0.3, -0.25) is 28.8 Å². The van der Waals surface area contributed by atoms with Crippen molar-refractivity contribution >= 4 is 41.5 Å². The number of carbonyl (C=O) groups is 7. The maximum atomic E-state index is 12.9. The Labute approximate surface area is 222 Å². The largest absolute Gasteiger partial charge is 0.508 e. The number of rotatable bonds is 17. The van der Waals surface area contributed by atoms with Crippen LogP contribution in [0.3, 0.4) is 0 Å². The van der Waals surface area contributed by atoms with Crippen molar-refractivity contribution in [3.63, 3.8) is 0 Å². The number of carboxylic acid groups (broad SMARTS) is 2. The topological polar surface area (TPSA) is 294 Å². The number of hydrogen-bond donors (Lipinski definition) is 9. The summed E-state index contributed by atoms with van der Waals surface area (Å²) >= 11 is 0. The highest BCUT2D eigenvalue weighted by Crippen LogP contribution is 2.12. The molecular weight excluding hydrogens is 520 g/mol. The van der Waals surface area contributed by atoms with E-state index in [-0.39, 0.29) is 31.4 Å². The highest BCUT2D eigenvalue weighted by molar-refractivity contribution is 5.96. The van der Waals surface area contributed by atoms with E-state index in [0.717, 1.165) is 0 Å². The molecular formula is C23H32N6O10. The number of phenols is 1. The standard InChI is InChI=1S/C23H32N6O10/c24-13(5-8-19(33)34)20(35)28-15(10-18(26)32)22(37)27-14(6-7-17(25)31)21(36)29-16(23(38)39)9-11-1-3-12(30)4-2-11/h1-4,13-16,30H,5-10,24H2,(H2,25,31)(H2,26,32)(H,27,37)(H,28,35)(H,29,36)(H,33,34)(H,38,39). The molecule has 16 heteroatoms. The van der Waals surface area contributed by atoms with Gasteiger partial charge in [0.2, 0.25) is 29.5 Å². The van der Waals surface area contributed by atoms with Crippen molar-refractivity contribution in [3.8, 4) is 5.75 Å². The average molecular weight is 553 g/mol. The molecule has 1 aromatic rings. The van der Waals surface area contributed by atoms with Crippen LogP contribution in [0.25, 0.3) is 0 Å². The van der Waals surface area contributed by atoms with Gasteiger partial charge in [0.05, 0.1) is 12.5 Å². The molecule has 0 fully saturated rings. The van der Waals surface area contributed by atoms with Crippen LogP contribution in [-0.4, -0.2) is 81.0 Å². The fraction of sp³-hybridized carbons (Fsp3) is 0.435. The van der Waals surface area contributed by atoms with Gasteiger partial charge in [-0.05, 0) is 30.5 Å². The molecule has 1 rings (SSSR count). The van der Waals surface area contributed by atoms with Crippen molar-refractivity contribution in [1.82, 2.24) is 16.0 Å². The fourth-order valence-corrected chi connectivity index (χ4v) is 3.27. The normalized spacial score (nSPS) is 13.7. The minimum Gasteiger partial charge on any atom is -0.508 e. The zero-order chi connectivity index (χ0) is 29.7. The van der Waals surface area contributed by atoms with Crippen molar-refractivity contribution in [2.24, 2.45) is 17.2 Å². The molecule has 4 unspecified atom stereocenters. The lowest BCUT2D eigenvalue weighted by Crippen LogP contribution is -2.58. The summed E-state index contributed by atoms with van der Waals surface area (Å²) in [5.41, 5.74) is 16.4. The summed E-state index contributed by atoms with van der Waals surface area (Å²) in [5.74, 6) is -7.55. The fourth-order valence-electron chi connectivity index (χ4n) is 3.27. The Kier molecular flexibility index (Phi) is 12.8.